The average molecular weight is 844 g/mol. The van der Waals surface area contributed by atoms with Gasteiger partial charge in [0.1, 0.15) is 21.0 Å². The summed E-state index contributed by atoms with van der Waals surface area (Å²) in [6.07, 6.45) is 0. The lowest BCUT2D eigenvalue weighted by molar-refractivity contribution is 0.322. The number of thiophene rings is 2. The van der Waals surface area contributed by atoms with E-state index >= 15 is 0 Å². The number of azo groups is 2. The molecular formula is C37H41N13OS5. The molecule has 19 heteroatoms. The second-order valence-electron chi connectivity index (χ2n) is 12.4. The molecule has 0 aliphatic heterocycles. The van der Waals surface area contributed by atoms with Crippen LogP contribution in [0.3, 0.4) is 0 Å². The number of aliphatic hydroxyl groups is 1. The van der Waals surface area contributed by atoms with Crippen molar-refractivity contribution < 1.29 is 5.11 Å². The molecule has 290 valence electrons. The van der Waals surface area contributed by atoms with Crippen molar-refractivity contribution in [3.8, 4) is 0 Å². The lowest BCUT2D eigenvalue weighted by atomic mass is 10.2. The van der Waals surface area contributed by atoms with E-state index in [-0.39, 0.29) is 6.61 Å². The minimum atomic E-state index is -0.0301. The van der Waals surface area contributed by atoms with Crippen molar-refractivity contribution >= 4 is 134 Å². The van der Waals surface area contributed by atoms with Crippen molar-refractivity contribution in [1.29, 1.82) is 0 Å². The van der Waals surface area contributed by atoms with Crippen molar-refractivity contribution in [2.45, 2.75) is 46.7 Å². The first-order chi connectivity index (χ1) is 27.3. The van der Waals surface area contributed by atoms with Gasteiger partial charge in [0.15, 0.2) is 15.2 Å². The number of nitrogens with one attached hydrogen (secondary N) is 2. The van der Waals surface area contributed by atoms with Gasteiger partial charge in [-0.05, 0) is 123 Å². The van der Waals surface area contributed by atoms with Gasteiger partial charge < -0.3 is 25.5 Å². The smallest absolute Gasteiger partial charge is 0.233 e. The number of thioether (sulfide) groups is 1. The fourth-order valence-electron chi connectivity index (χ4n) is 6.02. The van der Waals surface area contributed by atoms with Gasteiger partial charge in [0.05, 0.1) is 28.8 Å². The molecule has 0 spiro atoms. The van der Waals surface area contributed by atoms with Crippen molar-refractivity contribution in [3.63, 3.8) is 0 Å². The molecular weight excluding hydrogens is 803 g/mol. The number of nitrogens with zero attached hydrogens (tertiary/aromatic N) is 11. The van der Waals surface area contributed by atoms with E-state index in [9.17, 15) is 5.11 Å². The summed E-state index contributed by atoms with van der Waals surface area (Å²) in [6, 6.07) is 12.1. The van der Waals surface area contributed by atoms with Gasteiger partial charge in [-0.2, -0.15) is 23.7 Å². The third kappa shape index (κ3) is 8.67. The minimum Gasteiger partial charge on any atom is -0.396 e. The first-order valence-electron chi connectivity index (χ1n) is 18.1. The highest BCUT2D eigenvalue weighted by Gasteiger charge is 2.17. The van der Waals surface area contributed by atoms with Gasteiger partial charge in [0.2, 0.25) is 11.9 Å². The van der Waals surface area contributed by atoms with Gasteiger partial charge in [0.25, 0.3) is 0 Å². The monoisotopic (exact) mass is 843 g/mol. The Balaban J connectivity index is 1.27. The molecule has 0 radical (unpaired) electrons. The van der Waals surface area contributed by atoms with Crippen LogP contribution in [0.4, 0.5) is 56.0 Å². The molecule has 0 amide bonds. The van der Waals surface area contributed by atoms with Crippen molar-refractivity contribution in [2.75, 3.05) is 59.0 Å². The third-order valence-electron chi connectivity index (χ3n) is 8.91. The molecule has 0 aliphatic rings. The van der Waals surface area contributed by atoms with Crippen LogP contribution in [0.25, 0.3) is 20.4 Å². The second kappa shape index (κ2) is 18.1. The van der Waals surface area contributed by atoms with E-state index in [1.807, 2.05) is 36.4 Å². The maximum atomic E-state index is 9.70. The number of anilines is 6. The Bertz CT molecular complexity index is 2330. The van der Waals surface area contributed by atoms with Crippen LogP contribution in [-0.4, -0.2) is 67.3 Å². The van der Waals surface area contributed by atoms with E-state index in [1.54, 1.807) is 22.7 Å². The molecule has 7 aromatic rings. The summed E-state index contributed by atoms with van der Waals surface area (Å²) in [5, 5.41) is 43.5. The lowest BCUT2D eigenvalue weighted by Crippen LogP contribution is -2.21. The van der Waals surface area contributed by atoms with Gasteiger partial charge in [-0.1, -0.05) is 11.8 Å². The quantitative estimate of drug-likeness (QED) is 0.0590. The van der Waals surface area contributed by atoms with Crippen LogP contribution in [0.15, 0.2) is 72.8 Å². The zero-order chi connectivity index (χ0) is 39.2. The van der Waals surface area contributed by atoms with Crippen LogP contribution in [0.5, 0.6) is 0 Å². The molecule has 0 aliphatic carbocycles. The molecule has 5 aromatic heterocycles. The van der Waals surface area contributed by atoms with Crippen LogP contribution in [0.1, 0.15) is 38.8 Å². The van der Waals surface area contributed by atoms with E-state index < -0.39 is 0 Å². The molecule has 0 atom stereocenters. The minimum absolute atomic E-state index is 0.0301. The fourth-order valence-corrected chi connectivity index (χ4v) is 10.2. The average Bonchev–Trinajstić information content (AvgIpc) is 3.99. The number of rotatable bonds is 17. The highest BCUT2D eigenvalue weighted by Crippen LogP contribution is 2.41. The summed E-state index contributed by atoms with van der Waals surface area (Å²) < 4.78 is 9.12. The van der Waals surface area contributed by atoms with Gasteiger partial charge in [-0.15, -0.1) is 43.1 Å². The van der Waals surface area contributed by atoms with Crippen LogP contribution >= 0.6 is 57.5 Å². The number of aliphatic hydroxyl groups excluding tert-OH is 1. The summed E-state index contributed by atoms with van der Waals surface area (Å²) in [6.45, 7) is 15.9. The second-order valence-corrected chi connectivity index (χ2v) is 16.7. The summed E-state index contributed by atoms with van der Waals surface area (Å²) in [4.78, 5) is 20.8. The first-order valence-corrected chi connectivity index (χ1v) is 22.4. The largest absolute Gasteiger partial charge is 0.396 e. The maximum absolute atomic E-state index is 9.70. The van der Waals surface area contributed by atoms with E-state index in [2.05, 4.69) is 91.7 Å². The Morgan fingerprint density at radius 1 is 0.661 bits per heavy atom. The van der Waals surface area contributed by atoms with Gasteiger partial charge in [0, 0.05) is 43.3 Å². The maximum Gasteiger partial charge on any atom is 0.233 e. The van der Waals surface area contributed by atoms with Crippen LogP contribution in [-0.2, 0) is 0 Å². The molecule has 3 N–H and O–H groups in total. The number of fused-ring (bicyclic) bond motifs is 2. The molecule has 5 heterocycles. The summed E-state index contributed by atoms with van der Waals surface area (Å²) in [7, 11) is 0. The Labute approximate surface area is 345 Å². The predicted molar refractivity (Wildman–Crippen MR) is 237 cm³/mol. The van der Waals surface area contributed by atoms with Crippen LogP contribution in [0, 0.1) is 13.8 Å². The van der Waals surface area contributed by atoms with Crippen LogP contribution < -0.4 is 20.4 Å². The van der Waals surface area contributed by atoms with Crippen molar-refractivity contribution in [1.82, 2.24) is 23.7 Å². The van der Waals surface area contributed by atoms with Gasteiger partial charge in [-0.3, -0.25) is 0 Å². The van der Waals surface area contributed by atoms with Crippen molar-refractivity contribution in [3.05, 3.63) is 58.3 Å². The Hall–Kier alpha value is -4.66. The molecule has 2 aromatic carbocycles. The summed E-state index contributed by atoms with van der Waals surface area (Å²) in [5.74, 6) is 1.01. The van der Waals surface area contributed by atoms with Crippen LogP contribution in [0.2, 0.25) is 0 Å². The number of aromatic nitrogens is 5. The SMILES string of the molecule is CCN(CC)c1ccc(N=Nc2snc3scc(C)c23)c(Nc2nc(Nc3cc(N(CC)CC)ccc3N=Nc3snc4scc(C)c34)nc(SCCO)n2)c1. The van der Waals surface area contributed by atoms with Crippen molar-refractivity contribution in [2.24, 2.45) is 20.5 Å². The molecule has 14 nitrogen and oxygen atoms in total. The van der Waals surface area contributed by atoms with Gasteiger partial charge >= 0.3 is 0 Å². The Morgan fingerprint density at radius 3 is 1.55 bits per heavy atom. The third-order valence-corrected chi connectivity index (χ3v) is 13.4. The normalized spacial score (nSPS) is 11.8. The zero-order valence-corrected chi connectivity index (χ0v) is 35.9. The number of aryl methyl sites for hydroxylation is 2. The predicted octanol–water partition coefficient (Wildman–Crippen LogP) is 11.9. The number of benzene rings is 2. The topological polar surface area (TPSA) is 165 Å². The summed E-state index contributed by atoms with van der Waals surface area (Å²) in [5.41, 5.74) is 6.88. The van der Waals surface area contributed by atoms with E-state index in [0.717, 1.165) is 79.1 Å². The van der Waals surface area contributed by atoms with E-state index in [4.69, 9.17) is 25.2 Å². The Kier molecular flexibility index (Phi) is 12.8. The first kappa shape index (κ1) is 39.6. The highest BCUT2D eigenvalue weighted by atomic mass is 32.2. The molecule has 0 saturated heterocycles. The molecule has 0 unspecified atom stereocenters. The summed E-state index contributed by atoms with van der Waals surface area (Å²) >= 11 is 7.22. The zero-order valence-electron chi connectivity index (χ0n) is 31.8. The molecule has 56 heavy (non-hydrogen) atoms. The fraction of sp³-hybridized carbons (Fsp3) is 0.324. The molecule has 0 bridgehead atoms. The van der Waals surface area contributed by atoms with E-state index in [0.29, 0.717) is 45.6 Å². The molecule has 7 rings (SSSR count). The van der Waals surface area contributed by atoms with E-state index in [1.165, 1.54) is 34.8 Å². The standard InChI is InChI=1S/C37H41N13OS5/c1-7-49(8-2)23-11-13-25(43-45-31-29-21(5)19-53-33(29)47-55-31)27(17-23)38-35-40-36(42-37(41-35)52-16-15-51)39-28-18-24(50(9-3)10-4)12-14-26(28)44-46-32-30-22(6)20-54-34(30)48-56-32/h11-14,17-20,51H,7-10,15-16H2,1-6H3,(H2,38,39,40,41,42). The Morgan fingerprint density at radius 2 is 1.12 bits per heavy atom. The number of hydrogen-bond acceptors (Lipinski definition) is 19. The molecule has 0 fully saturated rings. The molecule has 0 saturated carbocycles. The van der Waals surface area contributed by atoms with Gasteiger partial charge in [-0.25, -0.2) is 0 Å². The lowest BCUT2D eigenvalue weighted by Gasteiger charge is -2.22. The highest BCUT2D eigenvalue weighted by molar-refractivity contribution is 7.99. The number of hydrogen-bond donors (Lipinski definition) is 3.